The molecule has 0 unspecified atom stereocenters. The molecular weight excluding hydrogens is 298 g/mol. The monoisotopic (exact) mass is 325 g/mol. The number of aromatic nitrogens is 3. The van der Waals surface area contributed by atoms with Crippen molar-refractivity contribution in [2.24, 2.45) is 0 Å². The molecule has 1 fully saturated rings. The van der Waals surface area contributed by atoms with Crippen LogP contribution in [0.15, 0.2) is 18.2 Å². The second-order valence-corrected chi connectivity index (χ2v) is 6.81. The zero-order chi connectivity index (χ0) is 17.1. The van der Waals surface area contributed by atoms with Crippen molar-refractivity contribution in [1.29, 1.82) is 0 Å². The number of nitrogens with two attached hydrogens (primary N) is 1. The van der Waals surface area contributed by atoms with Gasteiger partial charge in [-0.2, -0.15) is 4.98 Å². The number of nitrogen functional groups attached to an aromatic ring is 1. The fraction of sp³-hybridized carbons (Fsp3) is 0.526. The van der Waals surface area contributed by atoms with Gasteiger partial charge in [0.2, 0.25) is 5.95 Å². The Balaban J connectivity index is 1.95. The smallest absolute Gasteiger partial charge is 0.228 e. The Hall–Kier alpha value is -2.17. The summed E-state index contributed by atoms with van der Waals surface area (Å²) in [4.78, 5) is 16.3. The van der Waals surface area contributed by atoms with Crippen molar-refractivity contribution in [3.8, 4) is 0 Å². The SMILES string of the molecule is Cc1cccc(CN(c2nc(C)c(C)c(N)n2)C2CCCCC2)n1. The average molecular weight is 325 g/mol. The lowest BCUT2D eigenvalue weighted by molar-refractivity contribution is 0.407. The highest BCUT2D eigenvalue weighted by Crippen LogP contribution is 2.28. The van der Waals surface area contributed by atoms with Crippen LogP contribution in [0, 0.1) is 20.8 Å². The van der Waals surface area contributed by atoms with Crippen LogP contribution < -0.4 is 10.6 Å². The minimum atomic E-state index is 0.461. The lowest BCUT2D eigenvalue weighted by atomic mass is 9.94. The van der Waals surface area contributed by atoms with Crippen molar-refractivity contribution in [3.63, 3.8) is 0 Å². The summed E-state index contributed by atoms with van der Waals surface area (Å²) in [6.07, 6.45) is 6.22. The van der Waals surface area contributed by atoms with Gasteiger partial charge in [-0.3, -0.25) is 4.98 Å². The number of aryl methyl sites for hydroxylation is 2. The van der Waals surface area contributed by atoms with E-state index in [2.05, 4.69) is 27.0 Å². The maximum atomic E-state index is 6.11. The van der Waals surface area contributed by atoms with E-state index in [1.54, 1.807) is 0 Å². The van der Waals surface area contributed by atoms with Crippen LogP contribution in [0.3, 0.4) is 0 Å². The first kappa shape index (κ1) is 16.7. The highest BCUT2D eigenvalue weighted by molar-refractivity contribution is 5.47. The van der Waals surface area contributed by atoms with E-state index < -0.39 is 0 Å². The van der Waals surface area contributed by atoms with Crippen molar-refractivity contribution in [2.75, 3.05) is 10.6 Å². The van der Waals surface area contributed by atoms with Gasteiger partial charge in [0, 0.05) is 23.0 Å². The maximum absolute atomic E-state index is 6.11. The van der Waals surface area contributed by atoms with E-state index >= 15 is 0 Å². The number of nitrogens with zero attached hydrogens (tertiary/aromatic N) is 4. The van der Waals surface area contributed by atoms with Gasteiger partial charge in [-0.1, -0.05) is 25.3 Å². The van der Waals surface area contributed by atoms with Crippen LogP contribution in [0.2, 0.25) is 0 Å². The summed E-state index contributed by atoms with van der Waals surface area (Å²) in [5.41, 5.74) is 10.1. The van der Waals surface area contributed by atoms with Gasteiger partial charge in [-0.15, -0.1) is 0 Å². The number of hydrogen-bond donors (Lipinski definition) is 1. The summed E-state index contributed by atoms with van der Waals surface area (Å²) in [6.45, 7) is 6.73. The number of pyridine rings is 1. The molecule has 2 aromatic heterocycles. The van der Waals surface area contributed by atoms with Crippen LogP contribution in [0.1, 0.15) is 54.7 Å². The molecule has 0 aromatic carbocycles. The van der Waals surface area contributed by atoms with E-state index in [0.717, 1.165) is 35.1 Å². The van der Waals surface area contributed by atoms with Crippen LogP contribution in [0.5, 0.6) is 0 Å². The summed E-state index contributed by atoms with van der Waals surface area (Å²) in [6, 6.07) is 6.63. The van der Waals surface area contributed by atoms with Crippen LogP contribution in [-0.4, -0.2) is 21.0 Å². The lowest BCUT2D eigenvalue weighted by Gasteiger charge is -2.34. The zero-order valence-corrected chi connectivity index (χ0v) is 14.9. The van der Waals surface area contributed by atoms with Crippen molar-refractivity contribution >= 4 is 11.8 Å². The minimum absolute atomic E-state index is 0.461. The molecule has 0 saturated heterocycles. The molecule has 1 saturated carbocycles. The van der Waals surface area contributed by atoms with Gasteiger partial charge in [-0.05, 0) is 45.7 Å². The Labute approximate surface area is 144 Å². The fourth-order valence-corrected chi connectivity index (χ4v) is 3.38. The molecular formula is C19H27N5. The largest absolute Gasteiger partial charge is 0.383 e. The molecule has 5 heteroatoms. The lowest BCUT2D eigenvalue weighted by Crippen LogP contribution is -2.38. The molecule has 2 aromatic rings. The summed E-state index contributed by atoms with van der Waals surface area (Å²) in [5.74, 6) is 1.32. The Kier molecular flexibility index (Phi) is 4.97. The van der Waals surface area contributed by atoms with E-state index in [0.29, 0.717) is 11.9 Å². The third kappa shape index (κ3) is 3.66. The minimum Gasteiger partial charge on any atom is -0.383 e. The van der Waals surface area contributed by atoms with Gasteiger partial charge < -0.3 is 10.6 Å². The summed E-state index contributed by atoms with van der Waals surface area (Å²) < 4.78 is 0. The molecule has 1 aliphatic carbocycles. The predicted octanol–water partition coefficient (Wildman–Crippen LogP) is 3.72. The van der Waals surface area contributed by atoms with Crippen molar-refractivity contribution < 1.29 is 0 Å². The molecule has 24 heavy (non-hydrogen) atoms. The Morgan fingerprint density at radius 2 is 1.79 bits per heavy atom. The van der Waals surface area contributed by atoms with Gasteiger partial charge in [0.15, 0.2) is 0 Å². The highest BCUT2D eigenvalue weighted by Gasteiger charge is 2.25. The van der Waals surface area contributed by atoms with Gasteiger partial charge in [0.1, 0.15) is 5.82 Å². The normalized spacial score (nSPS) is 15.5. The first-order valence-corrected chi connectivity index (χ1v) is 8.84. The summed E-state index contributed by atoms with van der Waals surface area (Å²) in [5, 5.41) is 0. The van der Waals surface area contributed by atoms with E-state index in [1.165, 1.54) is 32.1 Å². The summed E-state index contributed by atoms with van der Waals surface area (Å²) >= 11 is 0. The predicted molar refractivity (Wildman–Crippen MR) is 97.9 cm³/mol. The zero-order valence-electron chi connectivity index (χ0n) is 14.9. The quantitative estimate of drug-likeness (QED) is 0.928. The molecule has 3 rings (SSSR count). The molecule has 5 nitrogen and oxygen atoms in total. The number of anilines is 2. The van der Waals surface area contributed by atoms with E-state index in [-0.39, 0.29) is 0 Å². The topological polar surface area (TPSA) is 67.9 Å². The van der Waals surface area contributed by atoms with Crippen LogP contribution in [0.4, 0.5) is 11.8 Å². The van der Waals surface area contributed by atoms with E-state index in [9.17, 15) is 0 Å². The van der Waals surface area contributed by atoms with Crippen LogP contribution in [-0.2, 0) is 6.54 Å². The molecule has 0 atom stereocenters. The highest BCUT2D eigenvalue weighted by atomic mass is 15.3. The van der Waals surface area contributed by atoms with Gasteiger partial charge in [0.05, 0.1) is 12.2 Å². The third-order valence-corrected chi connectivity index (χ3v) is 4.97. The van der Waals surface area contributed by atoms with Crippen LogP contribution >= 0.6 is 0 Å². The fourth-order valence-electron chi connectivity index (χ4n) is 3.38. The Morgan fingerprint density at radius 1 is 1.04 bits per heavy atom. The van der Waals surface area contributed by atoms with Crippen LogP contribution in [0.25, 0.3) is 0 Å². The summed E-state index contributed by atoms with van der Waals surface area (Å²) in [7, 11) is 0. The third-order valence-electron chi connectivity index (χ3n) is 4.97. The Morgan fingerprint density at radius 3 is 2.46 bits per heavy atom. The first-order chi connectivity index (χ1) is 11.5. The van der Waals surface area contributed by atoms with Gasteiger partial charge in [0.25, 0.3) is 0 Å². The molecule has 128 valence electrons. The van der Waals surface area contributed by atoms with E-state index in [4.69, 9.17) is 10.7 Å². The molecule has 1 aliphatic rings. The van der Waals surface area contributed by atoms with Gasteiger partial charge >= 0.3 is 0 Å². The first-order valence-electron chi connectivity index (χ1n) is 8.84. The second kappa shape index (κ2) is 7.16. The number of hydrogen-bond acceptors (Lipinski definition) is 5. The average Bonchev–Trinajstić information content (AvgIpc) is 2.58. The van der Waals surface area contributed by atoms with Crippen molar-refractivity contribution in [2.45, 2.75) is 65.5 Å². The van der Waals surface area contributed by atoms with E-state index in [1.807, 2.05) is 26.8 Å². The maximum Gasteiger partial charge on any atom is 0.228 e. The standard InChI is InChI=1S/C19H27N5/c1-13-8-7-9-16(21-13)12-24(17-10-5-4-6-11-17)19-22-15(3)14(2)18(20)23-19/h7-9,17H,4-6,10-12H2,1-3H3,(H2,20,22,23). The van der Waals surface area contributed by atoms with Gasteiger partial charge in [-0.25, -0.2) is 4.98 Å². The Bertz CT molecular complexity index is 684. The molecule has 0 amide bonds. The number of rotatable bonds is 4. The molecule has 0 radical (unpaired) electrons. The second-order valence-electron chi connectivity index (χ2n) is 6.81. The van der Waals surface area contributed by atoms with Crippen molar-refractivity contribution in [1.82, 2.24) is 15.0 Å². The molecule has 2 N–H and O–H groups in total. The molecule has 0 spiro atoms. The molecule has 0 aliphatic heterocycles. The molecule has 2 heterocycles. The van der Waals surface area contributed by atoms with Crippen molar-refractivity contribution in [3.05, 3.63) is 40.8 Å². The molecule has 0 bridgehead atoms.